The highest BCUT2D eigenvalue weighted by Gasteiger charge is 2.30. The second-order valence-corrected chi connectivity index (χ2v) is 3.63. The molecule has 1 fully saturated rings. The number of nitrogens with zero attached hydrogens (tertiary/aromatic N) is 3. The third-order valence-corrected chi connectivity index (χ3v) is 2.61. The summed E-state index contributed by atoms with van der Waals surface area (Å²) in [7, 11) is 0. The quantitative estimate of drug-likeness (QED) is 0.783. The van der Waals surface area contributed by atoms with Crippen LogP contribution in [0.1, 0.15) is 18.7 Å². The van der Waals surface area contributed by atoms with Crippen molar-refractivity contribution in [1.82, 2.24) is 14.9 Å². The molecule has 0 saturated carbocycles. The lowest BCUT2D eigenvalue weighted by atomic mass is 10.2. The summed E-state index contributed by atoms with van der Waals surface area (Å²) >= 11 is 0. The van der Waals surface area contributed by atoms with Gasteiger partial charge in [0.05, 0.1) is 6.54 Å². The standard InChI is InChI=1S/C10H13N3O2/c14-10(15)8-3-1-6-13(8)7-9-11-4-2-5-12-9/h2,4-5,8H,1,3,6-7H2,(H,14,15). The zero-order chi connectivity index (χ0) is 10.7. The maximum absolute atomic E-state index is 10.9. The predicted molar refractivity (Wildman–Crippen MR) is 53.1 cm³/mol. The molecule has 2 rings (SSSR count). The average Bonchev–Trinajstić information content (AvgIpc) is 2.67. The van der Waals surface area contributed by atoms with Gasteiger partial charge in [0.15, 0.2) is 0 Å². The number of likely N-dealkylation sites (tertiary alicyclic amines) is 1. The van der Waals surface area contributed by atoms with Crippen molar-refractivity contribution >= 4 is 5.97 Å². The summed E-state index contributed by atoms with van der Waals surface area (Å²) in [6, 6.07) is 1.39. The van der Waals surface area contributed by atoms with Gasteiger partial charge in [0.25, 0.3) is 0 Å². The van der Waals surface area contributed by atoms with Gasteiger partial charge in [-0.3, -0.25) is 9.69 Å². The molecule has 1 aliphatic heterocycles. The first-order valence-electron chi connectivity index (χ1n) is 5.00. The molecule has 1 N–H and O–H groups in total. The lowest BCUT2D eigenvalue weighted by Crippen LogP contribution is -2.35. The third-order valence-electron chi connectivity index (χ3n) is 2.61. The van der Waals surface area contributed by atoms with Gasteiger partial charge in [0.1, 0.15) is 11.9 Å². The minimum absolute atomic E-state index is 0.367. The van der Waals surface area contributed by atoms with Crippen molar-refractivity contribution in [2.24, 2.45) is 0 Å². The molecule has 0 amide bonds. The Bertz CT molecular complexity index is 342. The fourth-order valence-electron chi connectivity index (χ4n) is 1.89. The van der Waals surface area contributed by atoms with Crippen LogP contribution in [0, 0.1) is 0 Å². The van der Waals surface area contributed by atoms with E-state index in [1.54, 1.807) is 18.5 Å². The summed E-state index contributed by atoms with van der Waals surface area (Å²) in [4.78, 5) is 21.0. The first-order valence-corrected chi connectivity index (χ1v) is 5.00. The fraction of sp³-hybridized carbons (Fsp3) is 0.500. The number of rotatable bonds is 3. The Labute approximate surface area is 87.8 Å². The van der Waals surface area contributed by atoms with Gasteiger partial charge in [-0.05, 0) is 25.5 Å². The molecule has 0 aromatic carbocycles. The summed E-state index contributed by atoms with van der Waals surface area (Å²) in [5, 5.41) is 8.98. The molecular weight excluding hydrogens is 194 g/mol. The van der Waals surface area contributed by atoms with Crippen molar-refractivity contribution in [3.63, 3.8) is 0 Å². The van der Waals surface area contributed by atoms with E-state index in [1.165, 1.54) is 0 Å². The van der Waals surface area contributed by atoms with Gasteiger partial charge in [0, 0.05) is 12.4 Å². The van der Waals surface area contributed by atoms with Crippen LogP contribution in [-0.4, -0.2) is 38.5 Å². The van der Waals surface area contributed by atoms with Crippen molar-refractivity contribution in [3.05, 3.63) is 24.3 Å². The molecule has 15 heavy (non-hydrogen) atoms. The Balaban J connectivity index is 2.03. The molecule has 1 aliphatic rings. The number of hydrogen-bond acceptors (Lipinski definition) is 4. The van der Waals surface area contributed by atoms with Crippen LogP contribution in [0.15, 0.2) is 18.5 Å². The molecule has 1 aromatic heterocycles. The largest absolute Gasteiger partial charge is 0.480 e. The van der Waals surface area contributed by atoms with Gasteiger partial charge in [-0.2, -0.15) is 0 Å². The Hall–Kier alpha value is -1.49. The van der Waals surface area contributed by atoms with Crippen LogP contribution in [-0.2, 0) is 11.3 Å². The van der Waals surface area contributed by atoms with Gasteiger partial charge in [-0.25, -0.2) is 9.97 Å². The van der Waals surface area contributed by atoms with Crippen LogP contribution in [0.2, 0.25) is 0 Å². The summed E-state index contributed by atoms with van der Waals surface area (Å²) < 4.78 is 0. The third kappa shape index (κ3) is 2.30. The number of hydrogen-bond donors (Lipinski definition) is 1. The smallest absolute Gasteiger partial charge is 0.320 e. The van der Waals surface area contributed by atoms with E-state index >= 15 is 0 Å². The molecule has 0 aliphatic carbocycles. The number of carboxylic acids is 1. The molecule has 2 heterocycles. The highest BCUT2D eigenvalue weighted by Crippen LogP contribution is 2.18. The number of aromatic nitrogens is 2. The van der Waals surface area contributed by atoms with E-state index in [1.807, 2.05) is 4.90 Å². The van der Waals surface area contributed by atoms with Crippen LogP contribution in [0.25, 0.3) is 0 Å². The van der Waals surface area contributed by atoms with E-state index in [0.717, 1.165) is 19.4 Å². The monoisotopic (exact) mass is 207 g/mol. The van der Waals surface area contributed by atoms with Crippen LogP contribution in [0.3, 0.4) is 0 Å². The average molecular weight is 207 g/mol. The van der Waals surface area contributed by atoms with E-state index in [0.29, 0.717) is 12.4 Å². The van der Waals surface area contributed by atoms with Crippen LogP contribution in [0.4, 0.5) is 0 Å². The van der Waals surface area contributed by atoms with E-state index in [9.17, 15) is 4.79 Å². The normalized spacial score (nSPS) is 21.7. The summed E-state index contributed by atoms with van der Waals surface area (Å²) in [6.07, 6.45) is 5.01. The summed E-state index contributed by atoms with van der Waals surface area (Å²) in [5.74, 6) is -0.0610. The van der Waals surface area contributed by atoms with E-state index in [4.69, 9.17) is 5.11 Å². The molecular formula is C10H13N3O2. The SMILES string of the molecule is O=C(O)C1CCCN1Cc1ncccn1. The molecule has 1 atom stereocenters. The minimum Gasteiger partial charge on any atom is -0.480 e. The van der Waals surface area contributed by atoms with Gasteiger partial charge in [0.2, 0.25) is 0 Å². The van der Waals surface area contributed by atoms with E-state index < -0.39 is 5.97 Å². The topological polar surface area (TPSA) is 66.3 Å². The fourth-order valence-corrected chi connectivity index (χ4v) is 1.89. The van der Waals surface area contributed by atoms with Gasteiger partial charge >= 0.3 is 5.97 Å². The second kappa shape index (κ2) is 4.35. The van der Waals surface area contributed by atoms with E-state index in [-0.39, 0.29) is 6.04 Å². The summed E-state index contributed by atoms with van der Waals surface area (Å²) in [5.41, 5.74) is 0. The molecule has 1 unspecified atom stereocenters. The number of aliphatic carboxylic acids is 1. The molecule has 1 saturated heterocycles. The maximum Gasteiger partial charge on any atom is 0.320 e. The Kier molecular flexibility index (Phi) is 2.91. The molecule has 5 nitrogen and oxygen atoms in total. The van der Waals surface area contributed by atoms with Gasteiger partial charge in [-0.15, -0.1) is 0 Å². The first kappa shape index (κ1) is 10.0. The molecule has 0 radical (unpaired) electrons. The van der Waals surface area contributed by atoms with Crippen LogP contribution < -0.4 is 0 Å². The highest BCUT2D eigenvalue weighted by atomic mass is 16.4. The zero-order valence-electron chi connectivity index (χ0n) is 8.33. The van der Waals surface area contributed by atoms with Crippen molar-refractivity contribution in [1.29, 1.82) is 0 Å². The van der Waals surface area contributed by atoms with E-state index in [2.05, 4.69) is 9.97 Å². The Morgan fingerprint density at radius 3 is 2.93 bits per heavy atom. The summed E-state index contributed by atoms with van der Waals surface area (Å²) in [6.45, 7) is 1.34. The van der Waals surface area contributed by atoms with Gasteiger partial charge < -0.3 is 5.11 Å². The number of carbonyl (C=O) groups is 1. The lowest BCUT2D eigenvalue weighted by Gasteiger charge is -2.19. The van der Waals surface area contributed by atoms with Crippen molar-refractivity contribution in [2.75, 3.05) is 6.54 Å². The zero-order valence-corrected chi connectivity index (χ0v) is 8.33. The second-order valence-electron chi connectivity index (χ2n) is 3.63. The first-order chi connectivity index (χ1) is 7.27. The number of carboxylic acid groups (broad SMARTS) is 1. The molecule has 0 bridgehead atoms. The lowest BCUT2D eigenvalue weighted by molar-refractivity contribution is -0.142. The van der Waals surface area contributed by atoms with Gasteiger partial charge in [-0.1, -0.05) is 0 Å². The predicted octanol–water partition coefficient (Wildman–Crippen LogP) is 0.526. The molecule has 0 spiro atoms. The Morgan fingerprint density at radius 2 is 2.27 bits per heavy atom. The maximum atomic E-state index is 10.9. The molecule has 1 aromatic rings. The van der Waals surface area contributed by atoms with Crippen molar-refractivity contribution in [3.8, 4) is 0 Å². The molecule has 5 heteroatoms. The highest BCUT2D eigenvalue weighted by molar-refractivity contribution is 5.73. The van der Waals surface area contributed by atoms with Crippen LogP contribution in [0.5, 0.6) is 0 Å². The van der Waals surface area contributed by atoms with Crippen LogP contribution >= 0.6 is 0 Å². The Morgan fingerprint density at radius 1 is 1.53 bits per heavy atom. The van der Waals surface area contributed by atoms with Crippen molar-refractivity contribution in [2.45, 2.75) is 25.4 Å². The van der Waals surface area contributed by atoms with Crippen molar-refractivity contribution < 1.29 is 9.90 Å². The molecule has 80 valence electrons. The minimum atomic E-state index is -0.747.